The molecule has 0 bridgehead atoms. The number of nitrogens with zero attached hydrogens (tertiary/aromatic N) is 4. The smallest absolute Gasteiger partial charge is 0.342 e. The average Bonchev–Trinajstić information content (AvgIpc) is 3.18. The summed E-state index contributed by atoms with van der Waals surface area (Å²) in [6.07, 6.45) is -3.82. The zero-order chi connectivity index (χ0) is 19.2. The SMILES string of the molecule is CC(C)C(=O)N1CCC(c2cc3nc(C(C)C)cc(C(F)(F)F)n3n2)C1. The Morgan fingerprint density at radius 2 is 1.92 bits per heavy atom. The number of aromatic nitrogens is 3. The molecule has 0 spiro atoms. The Bertz CT molecular complexity index is 826. The lowest BCUT2D eigenvalue weighted by Crippen LogP contribution is -2.32. The molecule has 5 nitrogen and oxygen atoms in total. The Morgan fingerprint density at radius 3 is 2.50 bits per heavy atom. The van der Waals surface area contributed by atoms with Gasteiger partial charge in [0.15, 0.2) is 5.65 Å². The first kappa shape index (κ1) is 18.7. The van der Waals surface area contributed by atoms with Crippen LogP contribution in [0.1, 0.15) is 63.0 Å². The van der Waals surface area contributed by atoms with Gasteiger partial charge in [-0.1, -0.05) is 27.7 Å². The van der Waals surface area contributed by atoms with E-state index in [0.717, 1.165) is 10.6 Å². The van der Waals surface area contributed by atoms with Gasteiger partial charge >= 0.3 is 6.18 Å². The van der Waals surface area contributed by atoms with E-state index in [-0.39, 0.29) is 29.3 Å². The Kier molecular flexibility index (Phi) is 4.71. The summed E-state index contributed by atoms with van der Waals surface area (Å²) in [7, 11) is 0. The van der Waals surface area contributed by atoms with Gasteiger partial charge in [0.25, 0.3) is 0 Å². The molecule has 1 saturated heterocycles. The van der Waals surface area contributed by atoms with Gasteiger partial charge in [0, 0.05) is 36.7 Å². The van der Waals surface area contributed by atoms with E-state index in [2.05, 4.69) is 10.1 Å². The van der Waals surface area contributed by atoms with Crippen molar-refractivity contribution in [3.8, 4) is 0 Å². The van der Waals surface area contributed by atoms with Crippen LogP contribution in [0, 0.1) is 5.92 Å². The molecule has 2 aromatic heterocycles. The van der Waals surface area contributed by atoms with E-state index < -0.39 is 11.9 Å². The number of amides is 1. The summed E-state index contributed by atoms with van der Waals surface area (Å²) < 4.78 is 41.3. The van der Waals surface area contributed by atoms with E-state index in [1.165, 1.54) is 0 Å². The maximum absolute atomic E-state index is 13.5. The fraction of sp³-hybridized carbons (Fsp3) is 0.611. The standard InChI is InChI=1S/C18H23F3N4O/c1-10(2)13-7-15(18(19,20)21)25-16(22-13)8-14(23-25)12-5-6-24(9-12)17(26)11(3)4/h7-8,10-12H,5-6,9H2,1-4H3. The largest absolute Gasteiger partial charge is 0.433 e. The Balaban J connectivity index is 1.98. The number of hydrogen-bond donors (Lipinski definition) is 0. The highest BCUT2D eigenvalue weighted by Gasteiger charge is 2.36. The monoisotopic (exact) mass is 368 g/mol. The molecule has 3 heterocycles. The number of rotatable bonds is 3. The predicted octanol–water partition coefficient (Wildman–Crippen LogP) is 3.84. The molecule has 0 saturated carbocycles. The quantitative estimate of drug-likeness (QED) is 0.827. The molecule has 1 fully saturated rings. The summed E-state index contributed by atoms with van der Waals surface area (Å²) in [5.74, 6) is -0.220. The second-order valence-electron chi connectivity index (χ2n) is 7.48. The number of alkyl halides is 3. The van der Waals surface area contributed by atoms with Crippen molar-refractivity contribution in [3.63, 3.8) is 0 Å². The van der Waals surface area contributed by atoms with E-state index >= 15 is 0 Å². The number of hydrogen-bond acceptors (Lipinski definition) is 3. The maximum atomic E-state index is 13.5. The van der Waals surface area contributed by atoms with Crippen molar-refractivity contribution in [3.05, 3.63) is 29.2 Å². The molecule has 1 aliphatic heterocycles. The molecule has 26 heavy (non-hydrogen) atoms. The topological polar surface area (TPSA) is 50.5 Å². The minimum Gasteiger partial charge on any atom is -0.342 e. The molecule has 1 atom stereocenters. The fourth-order valence-corrected chi connectivity index (χ4v) is 3.28. The molecule has 0 aliphatic carbocycles. The Morgan fingerprint density at radius 1 is 1.23 bits per heavy atom. The van der Waals surface area contributed by atoms with Crippen molar-refractivity contribution in [2.45, 2.75) is 52.1 Å². The van der Waals surface area contributed by atoms with E-state index in [1.54, 1.807) is 11.0 Å². The molecule has 8 heteroatoms. The third-order valence-electron chi connectivity index (χ3n) is 4.76. The first-order valence-corrected chi connectivity index (χ1v) is 8.84. The van der Waals surface area contributed by atoms with Gasteiger partial charge in [0.2, 0.25) is 5.91 Å². The summed E-state index contributed by atoms with van der Waals surface area (Å²) in [6.45, 7) is 8.39. The number of halogens is 3. The fourth-order valence-electron chi connectivity index (χ4n) is 3.28. The van der Waals surface area contributed by atoms with Gasteiger partial charge in [0.05, 0.1) is 5.69 Å². The lowest BCUT2D eigenvalue weighted by atomic mass is 10.1. The summed E-state index contributed by atoms with van der Waals surface area (Å²) in [6, 6.07) is 2.69. The average molecular weight is 368 g/mol. The summed E-state index contributed by atoms with van der Waals surface area (Å²) in [4.78, 5) is 18.2. The molecular formula is C18H23F3N4O. The summed E-state index contributed by atoms with van der Waals surface area (Å²) >= 11 is 0. The normalized spacial score (nSPS) is 18.5. The number of carbonyl (C=O) groups excluding carboxylic acids is 1. The van der Waals surface area contributed by atoms with Crippen molar-refractivity contribution >= 4 is 11.6 Å². The van der Waals surface area contributed by atoms with E-state index in [0.29, 0.717) is 30.9 Å². The van der Waals surface area contributed by atoms with Crippen LogP contribution in [0.3, 0.4) is 0 Å². The third-order valence-corrected chi connectivity index (χ3v) is 4.76. The number of likely N-dealkylation sites (tertiary alicyclic amines) is 1. The molecular weight excluding hydrogens is 345 g/mol. The minimum absolute atomic E-state index is 0.0625. The van der Waals surface area contributed by atoms with Crippen LogP contribution in [-0.2, 0) is 11.0 Å². The minimum atomic E-state index is -4.51. The van der Waals surface area contributed by atoms with Crippen LogP contribution in [0.25, 0.3) is 5.65 Å². The van der Waals surface area contributed by atoms with Crippen LogP contribution in [0.4, 0.5) is 13.2 Å². The number of fused-ring (bicyclic) bond motifs is 1. The highest BCUT2D eigenvalue weighted by atomic mass is 19.4. The molecule has 0 N–H and O–H groups in total. The summed E-state index contributed by atoms with van der Waals surface area (Å²) in [5.41, 5.74) is 0.333. The number of carbonyl (C=O) groups is 1. The molecule has 1 amide bonds. The van der Waals surface area contributed by atoms with Crippen LogP contribution < -0.4 is 0 Å². The highest BCUT2D eigenvalue weighted by Crippen LogP contribution is 2.33. The first-order valence-electron chi connectivity index (χ1n) is 8.84. The first-order chi connectivity index (χ1) is 12.1. The van der Waals surface area contributed by atoms with E-state index in [4.69, 9.17) is 0 Å². The van der Waals surface area contributed by atoms with Gasteiger partial charge in [-0.05, 0) is 18.4 Å². The lowest BCUT2D eigenvalue weighted by Gasteiger charge is -2.18. The van der Waals surface area contributed by atoms with E-state index in [1.807, 2.05) is 27.7 Å². The molecule has 1 unspecified atom stereocenters. The molecule has 3 rings (SSSR count). The molecule has 2 aromatic rings. The predicted molar refractivity (Wildman–Crippen MR) is 90.9 cm³/mol. The van der Waals surface area contributed by atoms with Crippen molar-refractivity contribution in [1.29, 1.82) is 0 Å². The second-order valence-corrected chi connectivity index (χ2v) is 7.48. The van der Waals surface area contributed by atoms with Crippen molar-refractivity contribution in [2.75, 3.05) is 13.1 Å². The van der Waals surface area contributed by atoms with Crippen LogP contribution >= 0.6 is 0 Å². The Hall–Kier alpha value is -2.12. The molecule has 142 valence electrons. The third kappa shape index (κ3) is 3.41. The Labute approximate surface area is 150 Å². The van der Waals surface area contributed by atoms with Crippen LogP contribution in [0.2, 0.25) is 0 Å². The van der Waals surface area contributed by atoms with Crippen molar-refractivity contribution < 1.29 is 18.0 Å². The van der Waals surface area contributed by atoms with Gasteiger partial charge in [0.1, 0.15) is 5.69 Å². The molecule has 0 radical (unpaired) electrons. The molecule has 0 aromatic carbocycles. The van der Waals surface area contributed by atoms with Crippen LogP contribution in [-0.4, -0.2) is 38.5 Å². The van der Waals surface area contributed by atoms with Gasteiger partial charge in [-0.3, -0.25) is 4.79 Å². The van der Waals surface area contributed by atoms with Crippen molar-refractivity contribution in [2.24, 2.45) is 5.92 Å². The zero-order valence-corrected chi connectivity index (χ0v) is 15.3. The van der Waals surface area contributed by atoms with Gasteiger partial charge in [-0.15, -0.1) is 0 Å². The van der Waals surface area contributed by atoms with Gasteiger partial charge in [-0.25, -0.2) is 9.50 Å². The maximum Gasteiger partial charge on any atom is 0.433 e. The highest BCUT2D eigenvalue weighted by molar-refractivity contribution is 5.78. The molecule has 1 aliphatic rings. The van der Waals surface area contributed by atoms with Gasteiger partial charge in [-0.2, -0.15) is 18.3 Å². The summed E-state index contributed by atoms with van der Waals surface area (Å²) in [5, 5.41) is 4.20. The van der Waals surface area contributed by atoms with Crippen molar-refractivity contribution in [1.82, 2.24) is 19.5 Å². The zero-order valence-electron chi connectivity index (χ0n) is 15.3. The van der Waals surface area contributed by atoms with Gasteiger partial charge < -0.3 is 4.90 Å². The van der Waals surface area contributed by atoms with E-state index in [9.17, 15) is 18.0 Å². The lowest BCUT2D eigenvalue weighted by molar-refractivity contribution is -0.142. The second kappa shape index (κ2) is 6.55. The van der Waals surface area contributed by atoms with Crippen LogP contribution in [0.15, 0.2) is 12.1 Å². The van der Waals surface area contributed by atoms with Crippen LogP contribution in [0.5, 0.6) is 0 Å².